The lowest BCUT2D eigenvalue weighted by atomic mass is 9.96. The van der Waals surface area contributed by atoms with E-state index in [0.29, 0.717) is 25.4 Å². The number of para-hydroxylation sites is 1. The summed E-state index contributed by atoms with van der Waals surface area (Å²) in [5, 5.41) is 8.57. The Bertz CT molecular complexity index is 686. The molecule has 2 atom stereocenters. The third kappa shape index (κ3) is 3.52. The van der Waals surface area contributed by atoms with E-state index >= 15 is 0 Å². The molecule has 1 N–H and O–H groups in total. The molecule has 2 aromatic rings. The second kappa shape index (κ2) is 7.08. The quantitative estimate of drug-likeness (QED) is 0.858. The molecule has 0 spiro atoms. The van der Waals surface area contributed by atoms with Crippen molar-refractivity contribution in [2.45, 2.75) is 32.5 Å². The molecule has 1 fully saturated rings. The van der Waals surface area contributed by atoms with Gasteiger partial charge in [0.05, 0.1) is 24.2 Å². The Balaban J connectivity index is 1.86. The minimum Gasteiger partial charge on any atom is -0.466 e. The van der Waals surface area contributed by atoms with Gasteiger partial charge in [-0.25, -0.2) is 4.39 Å². The van der Waals surface area contributed by atoms with E-state index in [1.807, 2.05) is 28.9 Å². The minimum atomic E-state index is -0.861. The van der Waals surface area contributed by atoms with E-state index in [1.54, 1.807) is 6.92 Å². The lowest BCUT2D eigenvalue weighted by molar-refractivity contribution is -0.142. The van der Waals surface area contributed by atoms with Crippen LogP contribution in [0.5, 0.6) is 0 Å². The number of benzene rings is 1. The monoisotopic (exact) mass is 319 g/mol. The summed E-state index contributed by atoms with van der Waals surface area (Å²) in [4.78, 5) is 11.8. The highest BCUT2D eigenvalue weighted by molar-refractivity contribution is 5.86. The first-order chi connectivity index (χ1) is 11.2. The molecule has 3 rings (SSSR count). The van der Waals surface area contributed by atoms with Gasteiger partial charge in [0.15, 0.2) is 0 Å². The van der Waals surface area contributed by atoms with E-state index < -0.39 is 6.17 Å². The number of hydrogen-bond acceptors (Lipinski definition) is 4. The van der Waals surface area contributed by atoms with Crippen LogP contribution >= 0.6 is 0 Å². The molecule has 0 radical (unpaired) electrons. The first kappa shape index (κ1) is 15.9. The molecule has 5 nitrogen and oxygen atoms in total. The normalized spacial score (nSPS) is 21.5. The molecule has 1 aliphatic rings. The number of fused-ring (bicyclic) bond motifs is 1. The maximum atomic E-state index is 14.1. The summed E-state index contributed by atoms with van der Waals surface area (Å²) in [6.45, 7) is 3.91. The van der Waals surface area contributed by atoms with Crippen molar-refractivity contribution in [3.05, 3.63) is 30.0 Å². The van der Waals surface area contributed by atoms with Crippen LogP contribution in [0.15, 0.2) is 24.3 Å². The van der Waals surface area contributed by atoms with Crippen LogP contribution in [0.2, 0.25) is 0 Å². The Morgan fingerprint density at radius 2 is 2.30 bits per heavy atom. The van der Waals surface area contributed by atoms with Crippen LogP contribution in [0.3, 0.4) is 0 Å². The molecular formula is C17H22FN3O2. The number of carbonyl (C=O) groups is 1. The van der Waals surface area contributed by atoms with Crippen LogP contribution in [-0.4, -0.2) is 41.6 Å². The highest BCUT2D eigenvalue weighted by Gasteiger charge is 2.26. The molecule has 0 unspecified atom stereocenters. The summed E-state index contributed by atoms with van der Waals surface area (Å²) < 4.78 is 20.9. The third-order valence-corrected chi connectivity index (χ3v) is 4.30. The number of carbonyl (C=O) groups excluding carboxylic acids is 1. The van der Waals surface area contributed by atoms with Gasteiger partial charge in [-0.15, -0.1) is 0 Å². The summed E-state index contributed by atoms with van der Waals surface area (Å²) in [6, 6.07) is 7.77. The number of aromatic nitrogens is 2. The zero-order valence-electron chi connectivity index (χ0n) is 13.3. The molecule has 23 heavy (non-hydrogen) atoms. The van der Waals surface area contributed by atoms with E-state index in [2.05, 4.69) is 10.4 Å². The van der Waals surface area contributed by atoms with E-state index in [-0.39, 0.29) is 18.3 Å². The predicted molar refractivity (Wildman–Crippen MR) is 85.9 cm³/mol. The van der Waals surface area contributed by atoms with Crippen LogP contribution in [0, 0.1) is 5.92 Å². The number of esters is 1. The van der Waals surface area contributed by atoms with Gasteiger partial charge < -0.3 is 10.1 Å². The summed E-state index contributed by atoms with van der Waals surface area (Å²) in [6.07, 6.45) is 0.0788. The van der Waals surface area contributed by atoms with Gasteiger partial charge in [0.2, 0.25) is 0 Å². The molecule has 2 heterocycles. The van der Waals surface area contributed by atoms with Gasteiger partial charge in [0, 0.05) is 24.4 Å². The average molecular weight is 319 g/mol. The third-order valence-electron chi connectivity index (χ3n) is 4.30. The van der Waals surface area contributed by atoms with Crippen molar-refractivity contribution in [1.29, 1.82) is 0 Å². The Morgan fingerprint density at radius 3 is 3.09 bits per heavy atom. The number of rotatable bonds is 5. The summed E-state index contributed by atoms with van der Waals surface area (Å²) in [7, 11) is 0. The smallest absolute Gasteiger partial charge is 0.311 e. The van der Waals surface area contributed by atoms with Crippen molar-refractivity contribution >= 4 is 16.9 Å². The number of ether oxygens (including phenoxy) is 1. The van der Waals surface area contributed by atoms with Crippen molar-refractivity contribution in [1.82, 2.24) is 15.1 Å². The maximum absolute atomic E-state index is 14.1. The molecule has 0 amide bonds. The molecule has 0 aliphatic carbocycles. The predicted octanol–water partition coefficient (Wildman–Crippen LogP) is 2.09. The van der Waals surface area contributed by atoms with Crippen LogP contribution in [-0.2, 0) is 22.5 Å². The molecule has 6 heteroatoms. The van der Waals surface area contributed by atoms with Gasteiger partial charge in [-0.3, -0.25) is 9.48 Å². The Morgan fingerprint density at radius 1 is 1.48 bits per heavy atom. The van der Waals surface area contributed by atoms with E-state index in [0.717, 1.165) is 23.9 Å². The van der Waals surface area contributed by atoms with Crippen LogP contribution in [0.4, 0.5) is 4.39 Å². The molecule has 124 valence electrons. The largest absolute Gasteiger partial charge is 0.466 e. The van der Waals surface area contributed by atoms with E-state index in [4.69, 9.17) is 4.74 Å². The average Bonchev–Trinajstić information content (AvgIpc) is 2.88. The lowest BCUT2D eigenvalue weighted by Gasteiger charge is -2.26. The molecule has 1 aromatic carbocycles. The lowest BCUT2D eigenvalue weighted by Crippen LogP contribution is -2.39. The Kier molecular flexibility index (Phi) is 4.91. The van der Waals surface area contributed by atoms with Gasteiger partial charge >= 0.3 is 5.97 Å². The fraction of sp³-hybridized carbons (Fsp3) is 0.529. The second-order valence-electron chi connectivity index (χ2n) is 5.90. The van der Waals surface area contributed by atoms with Crippen LogP contribution in [0.25, 0.3) is 10.9 Å². The SMILES string of the molecule is CCOC(=O)Cc1nn(C[C@H]2CCNC[C@H]2F)c2ccccc12. The standard InChI is InChI=1S/C17H22FN3O2/c1-2-23-17(22)9-15-13-5-3-4-6-16(13)21(20-15)11-12-7-8-19-10-14(12)18/h3-6,12,14,19H,2,7-11H2,1H3/t12-,14-/m1/s1. The summed E-state index contributed by atoms with van der Waals surface area (Å²) >= 11 is 0. The summed E-state index contributed by atoms with van der Waals surface area (Å²) in [5.74, 6) is -0.330. The number of halogens is 1. The fourth-order valence-electron chi connectivity index (χ4n) is 3.12. The van der Waals surface area contributed by atoms with Gasteiger partial charge in [-0.1, -0.05) is 18.2 Å². The zero-order chi connectivity index (χ0) is 16.2. The number of piperidine rings is 1. The molecule has 0 saturated carbocycles. The zero-order valence-corrected chi connectivity index (χ0v) is 13.3. The number of nitrogens with zero attached hydrogens (tertiary/aromatic N) is 2. The first-order valence-corrected chi connectivity index (χ1v) is 8.14. The highest BCUT2D eigenvalue weighted by atomic mass is 19.1. The second-order valence-corrected chi connectivity index (χ2v) is 5.90. The van der Waals surface area contributed by atoms with Gasteiger partial charge in [-0.05, 0) is 26.0 Å². The van der Waals surface area contributed by atoms with Gasteiger partial charge in [-0.2, -0.15) is 5.10 Å². The number of alkyl halides is 1. The van der Waals surface area contributed by atoms with Crippen molar-refractivity contribution in [3.8, 4) is 0 Å². The molecule has 1 saturated heterocycles. The van der Waals surface area contributed by atoms with Crippen molar-refractivity contribution in [2.75, 3.05) is 19.7 Å². The molecule has 0 bridgehead atoms. The fourth-order valence-corrected chi connectivity index (χ4v) is 3.12. The van der Waals surface area contributed by atoms with E-state index in [9.17, 15) is 9.18 Å². The van der Waals surface area contributed by atoms with E-state index in [1.165, 1.54) is 0 Å². The van der Waals surface area contributed by atoms with Gasteiger partial charge in [0.1, 0.15) is 6.17 Å². The van der Waals surface area contributed by atoms with Crippen molar-refractivity contribution in [2.24, 2.45) is 5.92 Å². The molecule has 1 aliphatic heterocycles. The van der Waals surface area contributed by atoms with Crippen molar-refractivity contribution in [3.63, 3.8) is 0 Å². The van der Waals surface area contributed by atoms with Crippen LogP contribution < -0.4 is 5.32 Å². The topological polar surface area (TPSA) is 56.1 Å². The Hall–Kier alpha value is -1.95. The molecular weight excluding hydrogens is 297 g/mol. The first-order valence-electron chi connectivity index (χ1n) is 8.14. The maximum Gasteiger partial charge on any atom is 0.311 e. The highest BCUT2D eigenvalue weighted by Crippen LogP contribution is 2.23. The Labute approximate surface area is 134 Å². The van der Waals surface area contributed by atoms with Gasteiger partial charge in [0.25, 0.3) is 0 Å². The summed E-state index contributed by atoms with van der Waals surface area (Å²) in [5.41, 5.74) is 1.64. The van der Waals surface area contributed by atoms with Crippen LogP contribution in [0.1, 0.15) is 19.0 Å². The van der Waals surface area contributed by atoms with Crippen molar-refractivity contribution < 1.29 is 13.9 Å². The molecule has 1 aromatic heterocycles. The number of hydrogen-bond donors (Lipinski definition) is 1. The minimum absolute atomic E-state index is 0.0463. The number of nitrogens with one attached hydrogen (secondary N) is 1.